The maximum Gasteiger partial charge on any atom is 0.265 e. The number of para-hydroxylation sites is 2. The van der Waals surface area contributed by atoms with Gasteiger partial charge >= 0.3 is 0 Å². The highest BCUT2D eigenvalue weighted by molar-refractivity contribution is 5.82. The summed E-state index contributed by atoms with van der Waals surface area (Å²) in [6, 6.07) is 7.18. The minimum absolute atomic E-state index is 0.115. The monoisotopic (exact) mass is 279 g/mol. The van der Waals surface area contributed by atoms with Crippen molar-refractivity contribution in [2.24, 2.45) is 0 Å². The van der Waals surface area contributed by atoms with E-state index in [1.807, 2.05) is 25.1 Å². The normalized spacial score (nSPS) is 23.8. The minimum atomic E-state index is -0.679. The first-order valence-electron chi connectivity index (χ1n) is 6.88. The van der Waals surface area contributed by atoms with Crippen molar-refractivity contribution >= 4 is 5.91 Å². The fraction of sp³-hybridized carbons (Fsp3) is 0.533. The van der Waals surface area contributed by atoms with Crippen LogP contribution in [0, 0.1) is 0 Å². The first-order chi connectivity index (χ1) is 9.47. The number of amides is 1. The van der Waals surface area contributed by atoms with E-state index in [0.717, 1.165) is 0 Å². The van der Waals surface area contributed by atoms with Gasteiger partial charge in [0.15, 0.2) is 11.5 Å². The zero-order valence-electron chi connectivity index (χ0n) is 12.0. The van der Waals surface area contributed by atoms with Crippen molar-refractivity contribution < 1.29 is 19.4 Å². The van der Waals surface area contributed by atoms with Gasteiger partial charge in [-0.2, -0.15) is 0 Å². The number of rotatable bonds is 4. The van der Waals surface area contributed by atoms with Crippen molar-refractivity contribution in [2.45, 2.75) is 51.5 Å². The van der Waals surface area contributed by atoms with Gasteiger partial charge in [-0.05, 0) is 39.3 Å². The lowest BCUT2D eigenvalue weighted by molar-refractivity contribution is -0.134. The fourth-order valence-electron chi connectivity index (χ4n) is 2.30. The van der Waals surface area contributed by atoms with Crippen molar-refractivity contribution in [3.05, 3.63) is 24.3 Å². The molecule has 1 aliphatic heterocycles. The molecule has 1 aromatic rings. The number of hydrogen-bond donors (Lipinski definition) is 2. The number of aliphatic hydroxyl groups is 1. The third-order valence-corrected chi connectivity index (χ3v) is 3.18. The standard InChI is InChI=1S/C15H21NO4/c1-9(8-10(2)17)16-15(18)14-11(3)19-12-6-4-5-7-13(12)20-14/h4-7,9-11,14,17H,8H2,1-3H3,(H,16,18). The topological polar surface area (TPSA) is 67.8 Å². The fourth-order valence-corrected chi connectivity index (χ4v) is 2.30. The van der Waals surface area contributed by atoms with Gasteiger partial charge in [-0.3, -0.25) is 4.79 Å². The molecule has 1 heterocycles. The number of carbonyl (C=O) groups excluding carboxylic acids is 1. The van der Waals surface area contributed by atoms with E-state index < -0.39 is 12.2 Å². The Morgan fingerprint density at radius 1 is 1.30 bits per heavy atom. The smallest absolute Gasteiger partial charge is 0.265 e. The Morgan fingerprint density at radius 2 is 1.90 bits per heavy atom. The van der Waals surface area contributed by atoms with Gasteiger partial charge in [0.25, 0.3) is 5.91 Å². The summed E-state index contributed by atoms with van der Waals surface area (Å²) in [5, 5.41) is 12.2. The molecule has 110 valence electrons. The number of ether oxygens (including phenoxy) is 2. The highest BCUT2D eigenvalue weighted by Crippen LogP contribution is 2.33. The van der Waals surface area contributed by atoms with Crippen LogP contribution in [0.2, 0.25) is 0 Å². The van der Waals surface area contributed by atoms with Crippen LogP contribution < -0.4 is 14.8 Å². The average Bonchev–Trinajstić information content (AvgIpc) is 2.36. The third-order valence-electron chi connectivity index (χ3n) is 3.18. The summed E-state index contributed by atoms with van der Waals surface area (Å²) in [6.07, 6.45) is -0.985. The van der Waals surface area contributed by atoms with Crippen molar-refractivity contribution in [2.75, 3.05) is 0 Å². The van der Waals surface area contributed by atoms with E-state index in [4.69, 9.17) is 9.47 Å². The molecule has 1 aromatic carbocycles. The van der Waals surface area contributed by atoms with Gasteiger partial charge in [0.2, 0.25) is 6.10 Å². The van der Waals surface area contributed by atoms with Crippen LogP contribution in [0.1, 0.15) is 27.2 Å². The number of benzene rings is 1. The van der Waals surface area contributed by atoms with Crippen molar-refractivity contribution in [3.8, 4) is 11.5 Å². The molecule has 1 amide bonds. The maximum absolute atomic E-state index is 12.2. The summed E-state index contributed by atoms with van der Waals surface area (Å²) in [5.74, 6) is 1.01. The third kappa shape index (κ3) is 3.42. The molecule has 0 spiro atoms. The quantitative estimate of drug-likeness (QED) is 0.876. The average molecular weight is 279 g/mol. The number of fused-ring (bicyclic) bond motifs is 1. The molecule has 4 atom stereocenters. The number of aliphatic hydroxyl groups excluding tert-OH is 1. The summed E-state index contributed by atoms with van der Waals surface area (Å²) in [7, 11) is 0. The van der Waals surface area contributed by atoms with Gasteiger partial charge in [0.05, 0.1) is 6.10 Å². The molecule has 0 radical (unpaired) electrons. The molecule has 0 bridgehead atoms. The minimum Gasteiger partial charge on any atom is -0.482 e. The van der Waals surface area contributed by atoms with E-state index in [1.165, 1.54) is 0 Å². The lowest BCUT2D eigenvalue weighted by atomic mass is 10.1. The molecule has 5 heteroatoms. The summed E-state index contributed by atoms with van der Waals surface area (Å²) in [6.45, 7) is 5.36. The number of hydrogen-bond acceptors (Lipinski definition) is 4. The van der Waals surface area contributed by atoms with Crippen molar-refractivity contribution in [1.82, 2.24) is 5.32 Å². The molecule has 0 saturated heterocycles. The van der Waals surface area contributed by atoms with Crippen LogP contribution >= 0.6 is 0 Å². The molecule has 4 unspecified atom stereocenters. The summed E-state index contributed by atoms with van der Waals surface area (Å²) < 4.78 is 11.4. The highest BCUT2D eigenvalue weighted by Gasteiger charge is 2.34. The molecule has 2 N–H and O–H groups in total. The Morgan fingerprint density at radius 3 is 2.50 bits per heavy atom. The van der Waals surface area contributed by atoms with Crippen LogP contribution in [0.25, 0.3) is 0 Å². The zero-order chi connectivity index (χ0) is 14.7. The highest BCUT2D eigenvalue weighted by atomic mass is 16.6. The Balaban J connectivity index is 2.01. The molecule has 5 nitrogen and oxygen atoms in total. The zero-order valence-corrected chi connectivity index (χ0v) is 12.0. The molecular formula is C15H21NO4. The lowest BCUT2D eigenvalue weighted by Gasteiger charge is -2.31. The van der Waals surface area contributed by atoms with E-state index in [-0.39, 0.29) is 18.1 Å². The van der Waals surface area contributed by atoms with E-state index in [9.17, 15) is 9.90 Å². The predicted molar refractivity (Wildman–Crippen MR) is 74.9 cm³/mol. The molecule has 0 fully saturated rings. The first kappa shape index (κ1) is 14.7. The Hall–Kier alpha value is -1.75. The number of carbonyl (C=O) groups is 1. The van der Waals surface area contributed by atoms with Crippen LogP contribution in [0.15, 0.2) is 24.3 Å². The summed E-state index contributed by atoms with van der Waals surface area (Å²) >= 11 is 0. The largest absolute Gasteiger partial charge is 0.482 e. The maximum atomic E-state index is 12.2. The van der Waals surface area contributed by atoms with Crippen LogP contribution in [-0.2, 0) is 4.79 Å². The second-order valence-corrected chi connectivity index (χ2v) is 5.30. The van der Waals surface area contributed by atoms with Crippen LogP contribution in [0.4, 0.5) is 0 Å². The van der Waals surface area contributed by atoms with Gasteiger partial charge in [-0.15, -0.1) is 0 Å². The van der Waals surface area contributed by atoms with Crippen molar-refractivity contribution in [3.63, 3.8) is 0 Å². The van der Waals surface area contributed by atoms with E-state index in [0.29, 0.717) is 17.9 Å². The van der Waals surface area contributed by atoms with Gasteiger partial charge in [-0.25, -0.2) is 0 Å². The van der Waals surface area contributed by atoms with E-state index >= 15 is 0 Å². The van der Waals surface area contributed by atoms with E-state index in [2.05, 4.69) is 5.32 Å². The van der Waals surface area contributed by atoms with Crippen LogP contribution in [-0.4, -0.2) is 35.4 Å². The van der Waals surface area contributed by atoms with Crippen LogP contribution in [0.5, 0.6) is 11.5 Å². The second-order valence-electron chi connectivity index (χ2n) is 5.30. The summed E-state index contributed by atoms with van der Waals surface area (Å²) in [5.41, 5.74) is 0. The first-order valence-corrected chi connectivity index (χ1v) is 6.88. The van der Waals surface area contributed by atoms with Gasteiger partial charge in [0, 0.05) is 6.04 Å². The Kier molecular flexibility index (Phi) is 4.49. The molecule has 0 saturated carbocycles. The Labute approximate surface area is 118 Å². The van der Waals surface area contributed by atoms with Gasteiger partial charge in [-0.1, -0.05) is 12.1 Å². The molecule has 2 rings (SSSR count). The van der Waals surface area contributed by atoms with Gasteiger partial charge < -0.3 is 19.9 Å². The molecule has 1 aliphatic rings. The van der Waals surface area contributed by atoms with E-state index in [1.54, 1.807) is 19.9 Å². The molecule has 0 aliphatic carbocycles. The number of nitrogens with one attached hydrogen (secondary N) is 1. The van der Waals surface area contributed by atoms with Gasteiger partial charge in [0.1, 0.15) is 6.10 Å². The SMILES string of the molecule is CC(O)CC(C)NC(=O)C1Oc2ccccc2OC1C. The molecule has 20 heavy (non-hydrogen) atoms. The molecular weight excluding hydrogens is 258 g/mol. The Bertz CT molecular complexity index is 475. The van der Waals surface area contributed by atoms with Crippen molar-refractivity contribution in [1.29, 1.82) is 0 Å². The molecule has 0 aromatic heterocycles. The summed E-state index contributed by atoms with van der Waals surface area (Å²) in [4.78, 5) is 12.2. The lowest BCUT2D eigenvalue weighted by Crippen LogP contribution is -2.51. The predicted octanol–water partition coefficient (Wildman–Crippen LogP) is 1.49. The second kappa shape index (κ2) is 6.13. The van der Waals surface area contributed by atoms with Crippen LogP contribution in [0.3, 0.4) is 0 Å².